The molecule has 0 radical (unpaired) electrons. The van der Waals surface area contributed by atoms with Crippen LogP contribution >= 0.6 is 10.7 Å². The second-order valence-electron chi connectivity index (χ2n) is 2.50. The average Bonchev–Trinajstić information content (AvgIpc) is 2.17. The van der Waals surface area contributed by atoms with E-state index in [1.807, 2.05) is 6.07 Å². The SMILES string of the molecule is COC=O.O=S(=O)(Cl)Cc1ccccc1. The molecule has 1 aromatic rings. The number of rotatable bonds is 3. The third kappa shape index (κ3) is 9.24. The summed E-state index contributed by atoms with van der Waals surface area (Å²) in [7, 11) is 2.95. The highest BCUT2D eigenvalue weighted by molar-refractivity contribution is 8.13. The van der Waals surface area contributed by atoms with Gasteiger partial charge in [0.2, 0.25) is 9.05 Å². The molecule has 1 aromatic carbocycles. The van der Waals surface area contributed by atoms with Gasteiger partial charge in [0.05, 0.1) is 12.9 Å². The van der Waals surface area contributed by atoms with Crippen molar-refractivity contribution in [2.24, 2.45) is 0 Å². The molecule has 0 aliphatic rings. The molecule has 0 atom stereocenters. The topological polar surface area (TPSA) is 60.4 Å². The molecule has 4 nitrogen and oxygen atoms in total. The van der Waals surface area contributed by atoms with E-state index in [-0.39, 0.29) is 5.75 Å². The molecule has 0 spiro atoms. The van der Waals surface area contributed by atoms with Crippen LogP contribution in [-0.2, 0) is 24.3 Å². The van der Waals surface area contributed by atoms with Crippen molar-refractivity contribution in [3.63, 3.8) is 0 Å². The van der Waals surface area contributed by atoms with Crippen molar-refractivity contribution in [1.29, 1.82) is 0 Å². The minimum atomic E-state index is -3.40. The van der Waals surface area contributed by atoms with Gasteiger partial charge in [-0.05, 0) is 5.56 Å². The highest BCUT2D eigenvalue weighted by atomic mass is 35.7. The zero-order valence-electron chi connectivity index (χ0n) is 8.09. The van der Waals surface area contributed by atoms with E-state index in [1.165, 1.54) is 7.11 Å². The van der Waals surface area contributed by atoms with Crippen LogP contribution in [0.2, 0.25) is 0 Å². The Morgan fingerprint density at radius 3 is 2.13 bits per heavy atom. The summed E-state index contributed by atoms with van der Waals surface area (Å²) >= 11 is 0. The van der Waals surface area contributed by atoms with Crippen LogP contribution in [0.1, 0.15) is 5.56 Å². The molecular formula is C9H11ClO4S. The van der Waals surface area contributed by atoms with Gasteiger partial charge in [-0.2, -0.15) is 0 Å². The molecule has 0 aromatic heterocycles. The summed E-state index contributed by atoms with van der Waals surface area (Å²) in [5.74, 6) is -0.102. The molecule has 6 heteroatoms. The van der Waals surface area contributed by atoms with E-state index < -0.39 is 9.05 Å². The largest absolute Gasteiger partial charge is 0.471 e. The Morgan fingerprint density at radius 1 is 1.33 bits per heavy atom. The summed E-state index contributed by atoms with van der Waals surface area (Å²) in [5.41, 5.74) is 0.711. The van der Waals surface area contributed by atoms with Crippen molar-refractivity contribution in [3.8, 4) is 0 Å². The van der Waals surface area contributed by atoms with E-state index in [0.29, 0.717) is 12.0 Å². The van der Waals surface area contributed by atoms with Crippen LogP contribution < -0.4 is 0 Å². The Balaban J connectivity index is 0.000000423. The summed E-state index contributed by atoms with van der Waals surface area (Å²) < 4.78 is 25.0. The number of methoxy groups -OCH3 is 1. The molecule has 0 aliphatic heterocycles. The Bertz CT molecular complexity index is 374. The number of hydrogen-bond acceptors (Lipinski definition) is 4. The monoisotopic (exact) mass is 250 g/mol. The Labute approximate surface area is 93.2 Å². The summed E-state index contributed by atoms with van der Waals surface area (Å²) in [6.45, 7) is 0.375. The van der Waals surface area contributed by atoms with Gasteiger partial charge in [-0.1, -0.05) is 30.3 Å². The van der Waals surface area contributed by atoms with Crippen LogP contribution in [0.25, 0.3) is 0 Å². The molecule has 15 heavy (non-hydrogen) atoms. The smallest absolute Gasteiger partial charge is 0.292 e. The van der Waals surface area contributed by atoms with Crippen LogP contribution in [0, 0.1) is 0 Å². The fourth-order valence-electron chi connectivity index (χ4n) is 0.773. The summed E-state index contributed by atoms with van der Waals surface area (Å²) in [5, 5.41) is 0. The number of benzene rings is 1. The second-order valence-corrected chi connectivity index (χ2v) is 5.28. The Morgan fingerprint density at radius 2 is 1.80 bits per heavy atom. The van der Waals surface area contributed by atoms with Crippen LogP contribution in [0.5, 0.6) is 0 Å². The number of hydrogen-bond donors (Lipinski definition) is 0. The zero-order chi connectivity index (χ0) is 11.7. The molecule has 0 unspecified atom stereocenters. The molecule has 0 bridgehead atoms. The van der Waals surface area contributed by atoms with Crippen molar-refractivity contribution in [1.82, 2.24) is 0 Å². The number of halogens is 1. The van der Waals surface area contributed by atoms with Crippen LogP contribution in [-0.4, -0.2) is 22.0 Å². The molecule has 0 amide bonds. The van der Waals surface area contributed by atoms with E-state index in [4.69, 9.17) is 15.5 Å². The van der Waals surface area contributed by atoms with Gasteiger partial charge in [0.15, 0.2) is 0 Å². The number of carbonyl (C=O) groups excluding carboxylic acids is 1. The Hall–Kier alpha value is -1.07. The highest BCUT2D eigenvalue weighted by Crippen LogP contribution is 2.08. The van der Waals surface area contributed by atoms with Crippen molar-refractivity contribution in [2.45, 2.75) is 5.75 Å². The minimum Gasteiger partial charge on any atom is -0.471 e. The van der Waals surface area contributed by atoms with E-state index in [0.717, 1.165) is 0 Å². The lowest BCUT2D eigenvalue weighted by Crippen LogP contribution is -1.93. The lowest BCUT2D eigenvalue weighted by molar-refractivity contribution is -0.126. The van der Waals surface area contributed by atoms with Crippen LogP contribution in [0.15, 0.2) is 30.3 Å². The molecular weight excluding hydrogens is 240 g/mol. The summed E-state index contributed by atoms with van der Waals surface area (Å²) in [6, 6.07) is 8.82. The number of carbonyl (C=O) groups is 1. The maximum atomic E-state index is 10.6. The molecule has 0 saturated heterocycles. The first-order chi connectivity index (χ1) is 6.99. The molecule has 1 rings (SSSR count). The third-order valence-electron chi connectivity index (χ3n) is 1.28. The predicted molar refractivity (Wildman–Crippen MR) is 58.0 cm³/mol. The van der Waals surface area contributed by atoms with Crippen LogP contribution in [0.3, 0.4) is 0 Å². The molecule has 0 N–H and O–H groups in total. The molecule has 0 aliphatic carbocycles. The van der Waals surface area contributed by atoms with Crippen molar-refractivity contribution >= 4 is 26.2 Å². The fourth-order valence-corrected chi connectivity index (χ4v) is 1.74. The molecule has 84 valence electrons. The second kappa shape index (κ2) is 7.25. The van der Waals surface area contributed by atoms with Gasteiger partial charge >= 0.3 is 0 Å². The maximum absolute atomic E-state index is 10.6. The first-order valence-electron chi connectivity index (χ1n) is 3.92. The molecule has 0 fully saturated rings. The van der Waals surface area contributed by atoms with Gasteiger partial charge in [-0.25, -0.2) is 8.42 Å². The van der Waals surface area contributed by atoms with Crippen molar-refractivity contribution in [3.05, 3.63) is 35.9 Å². The zero-order valence-corrected chi connectivity index (χ0v) is 9.66. The minimum absolute atomic E-state index is 0.102. The van der Waals surface area contributed by atoms with Gasteiger partial charge < -0.3 is 4.74 Å². The first kappa shape index (κ1) is 13.9. The van der Waals surface area contributed by atoms with E-state index in [9.17, 15) is 8.42 Å². The van der Waals surface area contributed by atoms with E-state index in [2.05, 4.69) is 4.74 Å². The van der Waals surface area contributed by atoms with Crippen molar-refractivity contribution < 1.29 is 17.9 Å². The Kier molecular flexibility index (Phi) is 6.73. The first-order valence-corrected chi connectivity index (χ1v) is 6.40. The fraction of sp³-hybridized carbons (Fsp3) is 0.222. The normalized spacial score (nSPS) is 9.73. The summed E-state index contributed by atoms with van der Waals surface area (Å²) in [6.07, 6.45) is 0. The van der Waals surface area contributed by atoms with Crippen molar-refractivity contribution in [2.75, 3.05) is 7.11 Å². The van der Waals surface area contributed by atoms with Gasteiger partial charge in [0.25, 0.3) is 6.47 Å². The standard InChI is InChI=1S/C7H7ClO2S.C2H4O2/c8-11(9,10)6-7-4-2-1-3-5-7;1-4-2-3/h1-5H,6H2;2H,1H3. The van der Waals surface area contributed by atoms with Gasteiger partial charge in [0.1, 0.15) is 0 Å². The van der Waals surface area contributed by atoms with Gasteiger partial charge in [-0.3, -0.25) is 4.79 Å². The lowest BCUT2D eigenvalue weighted by atomic mass is 10.2. The number of ether oxygens (including phenoxy) is 1. The summed E-state index contributed by atoms with van der Waals surface area (Å²) in [4.78, 5) is 8.95. The molecule has 0 saturated carbocycles. The van der Waals surface area contributed by atoms with Gasteiger partial charge in [-0.15, -0.1) is 0 Å². The maximum Gasteiger partial charge on any atom is 0.292 e. The highest BCUT2D eigenvalue weighted by Gasteiger charge is 2.04. The van der Waals surface area contributed by atoms with Crippen LogP contribution in [0.4, 0.5) is 0 Å². The molecule has 0 heterocycles. The van der Waals surface area contributed by atoms with Gasteiger partial charge in [0, 0.05) is 10.7 Å². The third-order valence-corrected chi connectivity index (χ3v) is 2.28. The van der Waals surface area contributed by atoms with E-state index in [1.54, 1.807) is 24.3 Å². The van der Waals surface area contributed by atoms with E-state index >= 15 is 0 Å². The average molecular weight is 251 g/mol. The quantitative estimate of drug-likeness (QED) is 0.603. The predicted octanol–water partition coefficient (Wildman–Crippen LogP) is 1.54. The lowest BCUT2D eigenvalue weighted by Gasteiger charge is -1.94.